The molecule has 3 N–H and O–H groups in total. The summed E-state index contributed by atoms with van der Waals surface area (Å²) >= 11 is 0. The summed E-state index contributed by atoms with van der Waals surface area (Å²) in [5.74, 6) is -1.81. The molecule has 4 amide bonds. The van der Waals surface area contributed by atoms with Crippen molar-refractivity contribution in [3.05, 3.63) is 59.7 Å². The van der Waals surface area contributed by atoms with E-state index in [4.69, 9.17) is 9.79 Å². The molecule has 1 atom stereocenters. The third kappa shape index (κ3) is 4.28. The van der Waals surface area contributed by atoms with Crippen LogP contribution in [0.15, 0.2) is 54.1 Å². The van der Waals surface area contributed by atoms with Crippen LogP contribution < -0.4 is 5.32 Å². The van der Waals surface area contributed by atoms with E-state index in [1.807, 2.05) is 13.0 Å². The fourth-order valence-electron chi connectivity index (χ4n) is 2.89. The number of urea groups is 1. The highest BCUT2D eigenvalue weighted by Crippen LogP contribution is 2.39. The van der Waals surface area contributed by atoms with Crippen LogP contribution in [0.2, 0.25) is 0 Å². The molecule has 1 fully saturated rings. The quantitative estimate of drug-likeness (QED) is 0.357. The first kappa shape index (κ1) is 21.7. The average molecular weight is 408 g/mol. The molecule has 0 aliphatic carbocycles. The van der Waals surface area contributed by atoms with Gasteiger partial charge in [-0.1, -0.05) is 55.5 Å². The van der Waals surface area contributed by atoms with Gasteiger partial charge < -0.3 is 9.79 Å². The summed E-state index contributed by atoms with van der Waals surface area (Å²) in [7, 11) is -4.94. The molecule has 1 saturated heterocycles. The van der Waals surface area contributed by atoms with E-state index in [0.717, 1.165) is 6.42 Å². The van der Waals surface area contributed by atoms with E-state index in [1.54, 1.807) is 49.4 Å². The molecule has 0 spiro atoms. The van der Waals surface area contributed by atoms with Crippen LogP contribution in [0.3, 0.4) is 0 Å². The Morgan fingerprint density at radius 3 is 2.46 bits per heavy atom. The Morgan fingerprint density at radius 2 is 1.89 bits per heavy atom. The number of hydrogen-bond donors (Lipinski definition) is 3. The fourth-order valence-corrected chi connectivity index (χ4v) is 3.16. The first-order valence-corrected chi connectivity index (χ1v) is 9.94. The van der Waals surface area contributed by atoms with Gasteiger partial charge in [-0.3, -0.25) is 19.4 Å². The zero-order valence-electron chi connectivity index (χ0n) is 15.4. The van der Waals surface area contributed by atoms with Gasteiger partial charge in [0.2, 0.25) is 0 Å². The number of carbonyl (C=O) groups is 3. The predicted octanol–water partition coefficient (Wildman–Crippen LogP) is 1.98. The van der Waals surface area contributed by atoms with Crippen LogP contribution in [-0.4, -0.2) is 39.3 Å². The second kappa shape index (κ2) is 8.62. The number of nitrogens with one attached hydrogen (secondary N) is 1. The minimum absolute atomic E-state index is 0.310. The van der Waals surface area contributed by atoms with Gasteiger partial charge in [-0.25, -0.2) is 14.3 Å². The van der Waals surface area contributed by atoms with E-state index in [0.29, 0.717) is 16.0 Å². The van der Waals surface area contributed by atoms with Crippen molar-refractivity contribution >= 4 is 25.7 Å². The summed E-state index contributed by atoms with van der Waals surface area (Å²) in [5, 5.41) is 2.09. The van der Waals surface area contributed by atoms with E-state index < -0.39 is 37.8 Å². The average Bonchev–Trinajstić information content (AvgIpc) is 2.62. The molecule has 1 aliphatic rings. The molecule has 1 aliphatic heterocycles. The van der Waals surface area contributed by atoms with Crippen LogP contribution in [0.4, 0.5) is 4.79 Å². The summed E-state index contributed by atoms with van der Waals surface area (Å²) in [6.45, 7) is 2.49. The maximum Gasteiger partial charge on any atom is 0.471 e. The highest BCUT2D eigenvalue weighted by Gasteiger charge is 2.56. The summed E-state index contributed by atoms with van der Waals surface area (Å²) in [6, 6.07) is 7.00. The number of nitrogens with zero attached hydrogens (tertiary/aromatic N) is 1. The van der Waals surface area contributed by atoms with E-state index >= 15 is 0 Å². The van der Waals surface area contributed by atoms with Gasteiger partial charge in [0.1, 0.15) is 6.73 Å². The molecule has 9 nitrogen and oxygen atoms in total. The number of benzene rings is 1. The zero-order chi connectivity index (χ0) is 20.9. The SMILES string of the molecule is CC/C=C\C=C(/C)C1(c2ccccc2)C(=O)NC(=O)N(COP(=O)(O)O)C1=O. The van der Waals surface area contributed by atoms with Gasteiger partial charge in [0, 0.05) is 0 Å². The smallest absolute Gasteiger partial charge is 0.303 e. The summed E-state index contributed by atoms with van der Waals surface area (Å²) in [4.78, 5) is 56.6. The van der Waals surface area contributed by atoms with E-state index in [-0.39, 0.29) is 0 Å². The molecule has 10 heteroatoms. The zero-order valence-corrected chi connectivity index (χ0v) is 16.3. The van der Waals surface area contributed by atoms with Crippen molar-refractivity contribution in [3.63, 3.8) is 0 Å². The van der Waals surface area contributed by atoms with Crippen molar-refractivity contribution in [3.8, 4) is 0 Å². The van der Waals surface area contributed by atoms with Gasteiger partial charge in [-0.2, -0.15) is 0 Å². The molecule has 0 radical (unpaired) electrons. The third-order valence-electron chi connectivity index (χ3n) is 4.24. The number of phosphoric acid groups is 1. The lowest BCUT2D eigenvalue weighted by Gasteiger charge is -2.40. The van der Waals surface area contributed by atoms with Crippen LogP contribution in [0, 0.1) is 0 Å². The second-order valence-corrected chi connectivity index (χ2v) is 7.28. The largest absolute Gasteiger partial charge is 0.471 e. The standard InChI is InChI=1S/C18H21N2O7P/c1-3-4-6-9-13(2)18(14-10-7-5-8-11-14)15(21)19-17(23)20(16(18)22)12-27-28(24,25)26/h4-11H,3,12H2,1-2H3,(H,19,21,23)(H2,24,25,26)/b6-4-,13-9+. The molecule has 0 bridgehead atoms. The molecule has 0 saturated carbocycles. The topological polar surface area (TPSA) is 133 Å². The van der Waals surface area contributed by atoms with E-state index in [1.165, 1.54) is 0 Å². The first-order chi connectivity index (χ1) is 13.1. The van der Waals surface area contributed by atoms with Crippen molar-refractivity contribution in [1.29, 1.82) is 0 Å². The number of rotatable bonds is 7. The Kier molecular flexibility index (Phi) is 6.69. The molecule has 1 aromatic rings. The Labute approximate surface area is 161 Å². The molecule has 150 valence electrons. The first-order valence-electron chi connectivity index (χ1n) is 8.41. The van der Waals surface area contributed by atoms with Crippen molar-refractivity contribution < 1.29 is 33.3 Å². The number of amides is 4. The number of carbonyl (C=O) groups excluding carboxylic acids is 3. The highest BCUT2D eigenvalue weighted by molar-refractivity contribution is 7.46. The summed E-state index contributed by atoms with van der Waals surface area (Å²) < 4.78 is 15.3. The molecular weight excluding hydrogens is 387 g/mol. The maximum absolute atomic E-state index is 13.3. The molecule has 2 rings (SSSR count). The van der Waals surface area contributed by atoms with Crippen LogP contribution in [-0.2, 0) is 24.1 Å². The third-order valence-corrected chi connectivity index (χ3v) is 4.70. The number of hydrogen-bond acceptors (Lipinski definition) is 5. The molecule has 1 unspecified atom stereocenters. The van der Waals surface area contributed by atoms with Crippen molar-refractivity contribution in [2.24, 2.45) is 0 Å². The van der Waals surface area contributed by atoms with Gasteiger partial charge in [0.15, 0.2) is 5.41 Å². The fraction of sp³-hybridized carbons (Fsp3) is 0.278. The summed E-state index contributed by atoms with van der Waals surface area (Å²) in [5.41, 5.74) is -1.24. The van der Waals surface area contributed by atoms with Crippen molar-refractivity contribution in [2.45, 2.75) is 25.7 Å². The lowest BCUT2D eigenvalue weighted by molar-refractivity contribution is -0.145. The maximum atomic E-state index is 13.3. The number of phosphoric ester groups is 1. The monoisotopic (exact) mass is 408 g/mol. The molecule has 1 aromatic carbocycles. The Morgan fingerprint density at radius 1 is 1.25 bits per heavy atom. The molecule has 1 heterocycles. The number of allylic oxidation sites excluding steroid dienone is 3. The Hall–Kier alpha value is -2.58. The van der Waals surface area contributed by atoms with Crippen LogP contribution in [0.5, 0.6) is 0 Å². The predicted molar refractivity (Wildman–Crippen MR) is 99.7 cm³/mol. The van der Waals surface area contributed by atoms with Gasteiger partial charge in [0.05, 0.1) is 0 Å². The minimum atomic E-state index is -4.94. The van der Waals surface area contributed by atoms with Crippen LogP contribution in [0.25, 0.3) is 0 Å². The van der Waals surface area contributed by atoms with Gasteiger partial charge in [-0.05, 0) is 24.5 Å². The van der Waals surface area contributed by atoms with Crippen LogP contribution in [0.1, 0.15) is 25.8 Å². The Bertz CT molecular complexity index is 875. The lowest BCUT2D eigenvalue weighted by atomic mass is 9.71. The molecular formula is C18H21N2O7P. The van der Waals surface area contributed by atoms with E-state index in [9.17, 15) is 18.9 Å². The number of barbiturate groups is 1. The van der Waals surface area contributed by atoms with Gasteiger partial charge in [0.25, 0.3) is 11.8 Å². The second-order valence-electron chi connectivity index (χ2n) is 6.04. The van der Waals surface area contributed by atoms with Crippen LogP contribution >= 0.6 is 7.82 Å². The number of imide groups is 2. The highest BCUT2D eigenvalue weighted by atomic mass is 31.2. The van der Waals surface area contributed by atoms with E-state index in [2.05, 4.69) is 9.84 Å². The normalized spacial score (nSPS) is 21.4. The molecule has 28 heavy (non-hydrogen) atoms. The Balaban J connectivity index is 2.61. The van der Waals surface area contributed by atoms with Gasteiger partial charge >= 0.3 is 13.9 Å². The summed E-state index contributed by atoms with van der Waals surface area (Å²) in [6.07, 6.45) is 5.84. The lowest BCUT2D eigenvalue weighted by Crippen LogP contribution is -2.66. The molecule has 0 aromatic heterocycles. The van der Waals surface area contributed by atoms with Crippen molar-refractivity contribution in [1.82, 2.24) is 10.2 Å². The van der Waals surface area contributed by atoms with Gasteiger partial charge in [-0.15, -0.1) is 0 Å². The minimum Gasteiger partial charge on any atom is -0.303 e. The van der Waals surface area contributed by atoms with Crippen molar-refractivity contribution in [2.75, 3.05) is 6.73 Å².